The zero-order valence-electron chi connectivity index (χ0n) is 11.2. The lowest BCUT2D eigenvalue weighted by molar-refractivity contribution is -0.170. The molecule has 0 radical (unpaired) electrons. The Hall–Kier alpha value is -0.820. The quantitative estimate of drug-likeness (QED) is 0.725. The Balaban J connectivity index is 2.26. The first kappa shape index (κ1) is 11.3. The van der Waals surface area contributed by atoms with Gasteiger partial charge >= 0.3 is 0 Å². The van der Waals surface area contributed by atoms with E-state index in [2.05, 4.69) is 52.0 Å². The molecule has 1 unspecified atom stereocenters. The second-order valence-corrected chi connectivity index (χ2v) is 7.13. The minimum absolute atomic E-state index is 0.0450. The van der Waals surface area contributed by atoms with Gasteiger partial charge in [0.15, 0.2) is 0 Å². The molecule has 92 valence electrons. The van der Waals surface area contributed by atoms with Crippen molar-refractivity contribution < 1.29 is 5.11 Å². The summed E-state index contributed by atoms with van der Waals surface area (Å²) in [5, 5.41) is 10.7. The van der Waals surface area contributed by atoms with Crippen molar-refractivity contribution in [3.63, 3.8) is 0 Å². The number of fused-ring (bicyclic) bond motifs is 2. The maximum Gasteiger partial charge on any atom is 0.0687 e. The van der Waals surface area contributed by atoms with E-state index in [-0.39, 0.29) is 22.3 Å². The zero-order chi connectivity index (χ0) is 12.5. The van der Waals surface area contributed by atoms with Crippen LogP contribution in [0.15, 0.2) is 24.3 Å². The predicted molar refractivity (Wildman–Crippen MR) is 70.0 cm³/mol. The number of rotatable bonds is 0. The maximum absolute atomic E-state index is 10.7. The molecule has 1 atom stereocenters. The first-order valence-electron chi connectivity index (χ1n) is 6.59. The highest BCUT2D eigenvalue weighted by molar-refractivity contribution is 5.48. The van der Waals surface area contributed by atoms with E-state index < -0.39 is 0 Å². The molecule has 0 saturated heterocycles. The molecule has 1 aromatic carbocycles. The second-order valence-electron chi connectivity index (χ2n) is 7.13. The molecule has 1 N–H and O–H groups in total. The van der Waals surface area contributed by atoms with E-state index >= 15 is 0 Å². The second kappa shape index (κ2) is 2.95. The summed E-state index contributed by atoms with van der Waals surface area (Å²) in [6.07, 6.45) is 1.78. The van der Waals surface area contributed by atoms with Crippen molar-refractivity contribution >= 4 is 0 Å². The minimum Gasteiger partial charge on any atom is -0.392 e. The van der Waals surface area contributed by atoms with Gasteiger partial charge in [-0.1, -0.05) is 52.0 Å². The van der Waals surface area contributed by atoms with Crippen LogP contribution in [0.25, 0.3) is 0 Å². The van der Waals surface area contributed by atoms with Gasteiger partial charge in [-0.15, -0.1) is 0 Å². The van der Waals surface area contributed by atoms with Crippen LogP contribution in [-0.2, 0) is 11.8 Å². The number of aliphatic hydroxyl groups is 1. The standard InChI is InChI=1S/C16H22O/c1-14(2)10-15(3,4)16(14)12-8-6-5-7-11(12)9-13(16)17/h5-8,13,17H,9-10H2,1-4H3. The van der Waals surface area contributed by atoms with E-state index in [1.807, 2.05) is 0 Å². The first-order valence-corrected chi connectivity index (χ1v) is 6.59. The van der Waals surface area contributed by atoms with Gasteiger partial charge in [0, 0.05) is 5.41 Å². The summed E-state index contributed by atoms with van der Waals surface area (Å²) in [6, 6.07) is 8.61. The van der Waals surface area contributed by atoms with Crippen LogP contribution in [0.5, 0.6) is 0 Å². The van der Waals surface area contributed by atoms with Gasteiger partial charge in [0.05, 0.1) is 6.10 Å². The Labute approximate surface area is 104 Å². The Morgan fingerprint density at radius 2 is 1.65 bits per heavy atom. The smallest absolute Gasteiger partial charge is 0.0687 e. The number of benzene rings is 1. The number of hydrogen-bond acceptors (Lipinski definition) is 1. The fourth-order valence-corrected chi connectivity index (χ4v) is 5.45. The van der Waals surface area contributed by atoms with Crippen molar-refractivity contribution in [2.24, 2.45) is 10.8 Å². The Morgan fingerprint density at radius 1 is 1.06 bits per heavy atom. The van der Waals surface area contributed by atoms with E-state index in [0.717, 1.165) is 6.42 Å². The minimum atomic E-state index is -0.223. The summed E-state index contributed by atoms with van der Waals surface area (Å²) in [6.45, 7) is 9.24. The molecule has 17 heavy (non-hydrogen) atoms. The fourth-order valence-electron chi connectivity index (χ4n) is 5.45. The van der Waals surface area contributed by atoms with Crippen molar-refractivity contribution in [2.75, 3.05) is 0 Å². The molecule has 1 fully saturated rings. The molecule has 3 rings (SSSR count). The molecule has 0 amide bonds. The fraction of sp³-hybridized carbons (Fsp3) is 0.625. The third-order valence-corrected chi connectivity index (χ3v) is 5.37. The van der Waals surface area contributed by atoms with Crippen molar-refractivity contribution in [3.8, 4) is 0 Å². The molecule has 0 bridgehead atoms. The van der Waals surface area contributed by atoms with E-state index in [1.54, 1.807) is 0 Å². The summed E-state index contributed by atoms with van der Waals surface area (Å²) < 4.78 is 0. The van der Waals surface area contributed by atoms with Crippen LogP contribution in [0.2, 0.25) is 0 Å². The SMILES string of the molecule is CC1(C)CC(C)(C)C12c1ccccc1CC2O. The summed E-state index contributed by atoms with van der Waals surface area (Å²) in [7, 11) is 0. The molecule has 1 aromatic rings. The lowest BCUT2D eigenvalue weighted by atomic mass is 9.36. The normalized spacial score (nSPS) is 31.0. The van der Waals surface area contributed by atoms with E-state index in [0.29, 0.717) is 0 Å². The average Bonchev–Trinajstić information content (AvgIpc) is 2.50. The summed E-state index contributed by atoms with van der Waals surface area (Å²) in [4.78, 5) is 0. The first-order chi connectivity index (χ1) is 7.83. The van der Waals surface area contributed by atoms with Gasteiger partial charge in [0.2, 0.25) is 0 Å². The van der Waals surface area contributed by atoms with Crippen LogP contribution in [0.4, 0.5) is 0 Å². The topological polar surface area (TPSA) is 20.2 Å². The Morgan fingerprint density at radius 3 is 2.24 bits per heavy atom. The molecule has 2 aliphatic rings. The molecule has 1 heteroatoms. The Bertz CT molecular complexity index is 456. The lowest BCUT2D eigenvalue weighted by Gasteiger charge is -2.68. The van der Waals surface area contributed by atoms with Gasteiger partial charge in [0.1, 0.15) is 0 Å². The predicted octanol–water partition coefficient (Wildman–Crippen LogP) is 3.30. The molecule has 1 saturated carbocycles. The van der Waals surface area contributed by atoms with Crippen LogP contribution >= 0.6 is 0 Å². The van der Waals surface area contributed by atoms with Gasteiger partial charge < -0.3 is 5.11 Å². The lowest BCUT2D eigenvalue weighted by Crippen LogP contribution is -2.68. The van der Waals surface area contributed by atoms with Gasteiger partial charge in [0.25, 0.3) is 0 Å². The van der Waals surface area contributed by atoms with Crippen LogP contribution < -0.4 is 0 Å². The van der Waals surface area contributed by atoms with E-state index in [1.165, 1.54) is 17.5 Å². The zero-order valence-corrected chi connectivity index (χ0v) is 11.2. The molecule has 0 aromatic heterocycles. The van der Waals surface area contributed by atoms with Gasteiger partial charge in [-0.05, 0) is 34.8 Å². The van der Waals surface area contributed by atoms with Crippen LogP contribution in [0, 0.1) is 10.8 Å². The Kier molecular flexibility index (Phi) is 1.96. The third-order valence-electron chi connectivity index (χ3n) is 5.37. The third kappa shape index (κ3) is 1.05. The van der Waals surface area contributed by atoms with Crippen molar-refractivity contribution in [3.05, 3.63) is 35.4 Å². The highest BCUT2D eigenvalue weighted by atomic mass is 16.3. The maximum atomic E-state index is 10.7. The van der Waals surface area contributed by atoms with Gasteiger partial charge in [-0.2, -0.15) is 0 Å². The summed E-state index contributed by atoms with van der Waals surface area (Å²) >= 11 is 0. The number of hydrogen-bond donors (Lipinski definition) is 1. The molecule has 1 spiro atoms. The monoisotopic (exact) mass is 230 g/mol. The largest absolute Gasteiger partial charge is 0.392 e. The molecule has 1 nitrogen and oxygen atoms in total. The van der Waals surface area contributed by atoms with Crippen molar-refractivity contribution in [2.45, 2.75) is 52.1 Å². The van der Waals surface area contributed by atoms with Crippen molar-refractivity contribution in [1.29, 1.82) is 0 Å². The average molecular weight is 230 g/mol. The highest BCUT2D eigenvalue weighted by Gasteiger charge is 2.70. The molecule has 2 aliphatic carbocycles. The van der Waals surface area contributed by atoms with Gasteiger partial charge in [-0.25, -0.2) is 0 Å². The highest BCUT2D eigenvalue weighted by Crippen LogP contribution is 2.72. The summed E-state index contributed by atoms with van der Waals surface area (Å²) in [5.41, 5.74) is 3.09. The van der Waals surface area contributed by atoms with Crippen LogP contribution in [0.3, 0.4) is 0 Å². The molecule has 0 aliphatic heterocycles. The molecule has 0 heterocycles. The van der Waals surface area contributed by atoms with Crippen LogP contribution in [0.1, 0.15) is 45.2 Å². The van der Waals surface area contributed by atoms with Gasteiger partial charge in [-0.3, -0.25) is 0 Å². The van der Waals surface area contributed by atoms with Crippen molar-refractivity contribution in [1.82, 2.24) is 0 Å². The number of aliphatic hydroxyl groups excluding tert-OH is 1. The molecular weight excluding hydrogens is 208 g/mol. The van der Waals surface area contributed by atoms with E-state index in [9.17, 15) is 5.11 Å². The summed E-state index contributed by atoms with van der Waals surface area (Å²) in [5.74, 6) is 0. The van der Waals surface area contributed by atoms with Crippen LogP contribution in [-0.4, -0.2) is 11.2 Å². The van der Waals surface area contributed by atoms with E-state index in [4.69, 9.17) is 0 Å². The molecular formula is C16H22O.